The first-order valence-corrected chi connectivity index (χ1v) is 21.4. The van der Waals surface area contributed by atoms with E-state index >= 15 is 0 Å². The van der Waals surface area contributed by atoms with E-state index in [0.717, 1.165) is 115 Å². The molecule has 0 aromatic heterocycles. The van der Waals surface area contributed by atoms with Crippen LogP contribution in [0, 0.1) is 0 Å². The number of hydrogen-bond acceptors (Lipinski definition) is 8. The van der Waals surface area contributed by atoms with E-state index in [1.165, 1.54) is 12.1 Å². The molecule has 0 spiro atoms. The molecule has 4 fully saturated rings. The Hall–Kier alpha value is -2.86. The number of likely N-dealkylation sites (N-methyl/N-ethyl adjacent to an activating group) is 2. The summed E-state index contributed by atoms with van der Waals surface area (Å²) in [6.07, 6.45) is 11.5. The second-order valence-electron chi connectivity index (χ2n) is 15.5. The van der Waals surface area contributed by atoms with Gasteiger partial charge in [0.15, 0.2) is 0 Å². The van der Waals surface area contributed by atoms with E-state index in [-0.39, 0.29) is 44.3 Å². The fraction of sp³-hybridized carbons (Fsp3) is 0.571. The van der Waals surface area contributed by atoms with Crippen LogP contribution in [-0.4, -0.2) is 108 Å². The number of nitrogens with zero attached hydrogens (tertiary/aromatic N) is 4. The fourth-order valence-electron chi connectivity index (χ4n) is 9.10. The molecule has 0 bridgehead atoms. The van der Waals surface area contributed by atoms with Crippen LogP contribution < -0.4 is 0 Å². The summed E-state index contributed by atoms with van der Waals surface area (Å²) in [7, 11) is 3.51. The van der Waals surface area contributed by atoms with Crippen LogP contribution in [0.4, 0.5) is 0 Å². The molecule has 56 heavy (non-hydrogen) atoms. The molecule has 2 aromatic rings. The molecule has 14 heteroatoms. The fourth-order valence-corrected chi connectivity index (χ4v) is 9.72. The van der Waals surface area contributed by atoms with E-state index in [9.17, 15) is 19.2 Å². The van der Waals surface area contributed by atoms with E-state index in [1.54, 1.807) is 48.2 Å². The first-order valence-electron chi connectivity index (χ1n) is 19.9. The van der Waals surface area contributed by atoms with Gasteiger partial charge in [-0.1, -0.05) is 84.2 Å². The average Bonchev–Trinajstić information content (AvgIpc) is 3.96. The number of carbonyl (C=O) groups is 4. The smallest absolute Gasteiger partial charge is 0.332 e. The van der Waals surface area contributed by atoms with Gasteiger partial charge in [0, 0.05) is 61.5 Å². The quantitative estimate of drug-likeness (QED) is 0.155. The molecule has 6 atom stereocenters. The highest BCUT2D eigenvalue weighted by atomic mass is 35.5. The lowest BCUT2D eigenvalue weighted by atomic mass is 9.88. The second kappa shape index (κ2) is 19.7. The van der Waals surface area contributed by atoms with Gasteiger partial charge in [-0.2, -0.15) is 0 Å². The third-order valence-corrected chi connectivity index (χ3v) is 13.5. The van der Waals surface area contributed by atoms with Crippen LogP contribution >= 0.6 is 46.4 Å². The minimum atomic E-state index is -1.36. The first kappa shape index (κ1) is 42.7. The second-order valence-corrected chi connectivity index (χ2v) is 17.2. The molecule has 0 N–H and O–H groups in total. The van der Waals surface area contributed by atoms with Gasteiger partial charge in [-0.3, -0.25) is 19.4 Å². The molecule has 2 heterocycles. The third kappa shape index (κ3) is 10.2. The monoisotopic (exact) mass is 848 g/mol. The maximum atomic E-state index is 14.3. The van der Waals surface area contributed by atoms with Crippen LogP contribution in [-0.2, 0) is 28.7 Å². The molecule has 6 rings (SSSR count). The van der Waals surface area contributed by atoms with Crippen molar-refractivity contribution in [1.29, 1.82) is 0 Å². The highest BCUT2D eigenvalue weighted by molar-refractivity contribution is 6.42. The Morgan fingerprint density at radius 2 is 0.929 bits per heavy atom. The van der Waals surface area contributed by atoms with Crippen LogP contribution in [0.15, 0.2) is 48.6 Å². The average molecular weight is 851 g/mol. The van der Waals surface area contributed by atoms with Gasteiger partial charge in [-0.15, -0.1) is 0 Å². The van der Waals surface area contributed by atoms with Gasteiger partial charge < -0.3 is 19.3 Å². The Balaban J connectivity index is 1.19. The van der Waals surface area contributed by atoms with Crippen LogP contribution in [0.3, 0.4) is 0 Å². The summed E-state index contributed by atoms with van der Waals surface area (Å²) in [6.45, 7) is 4.01. The first-order chi connectivity index (χ1) is 26.9. The van der Waals surface area contributed by atoms with Gasteiger partial charge in [-0.05, 0) is 102 Å². The van der Waals surface area contributed by atoms with Crippen LogP contribution in [0.25, 0.3) is 0 Å². The lowest BCUT2D eigenvalue weighted by Crippen LogP contribution is -2.54. The van der Waals surface area contributed by atoms with Crippen molar-refractivity contribution in [3.63, 3.8) is 0 Å². The van der Waals surface area contributed by atoms with Crippen molar-refractivity contribution < 1.29 is 28.7 Å². The van der Waals surface area contributed by atoms with E-state index in [2.05, 4.69) is 9.80 Å². The van der Waals surface area contributed by atoms with E-state index < -0.39 is 36.0 Å². The van der Waals surface area contributed by atoms with Gasteiger partial charge in [0.2, 0.25) is 12.2 Å². The summed E-state index contributed by atoms with van der Waals surface area (Å²) in [5.41, 5.74) is 0.690. The van der Waals surface area contributed by atoms with Crippen molar-refractivity contribution in [3.8, 4) is 0 Å². The van der Waals surface area contributed by atoms with Crippen molar-refractivity contribution in [2.24, 2.45) is 0 Å². The number of carbonyl (C=O) groups excluding carboxylic acids is 4. The minimum Gasteiger partial charge on any atom is -0.444 e. The molecule has 0 radical (unpaired) electrons. The zero-order valence-electron chi connectivity index (χ0n) is 32.1. The third-order valence-electron chi connectivity index (χ3n) is 12.1. The molecular weight excluding hydrogens is 798 g/mol. The molecule has 4 aliphatic rings. The van der Waals surface area contributed by atoms with Crippen molar-refractivity contribution in [2.75, 3.05) is 40.3 Å². The van der Waals surface area contributed by atoms with E-state index in [0.29, 0.717) is 11.1 Å². The molecule has 2 aliphatic heterocycles. The lowest BCUT2D eigenvalue weighted by Gasteiger charge is -2.43. The Bertz CT molecular complexity index is 1640. The molecule has 2 saturated carbocycles. The summed E-state index contributed by atoms with van der Waals surface area (Å²) >= 11 is 25.2. The molecule has 2 saturated heterocycles. The van der Waals surface area contributed by atoms with Gasteiger partial charge >= 0.3 is 11.9 Å². The molecule has 2 aromatic carbocycles. The summed E-state index contributed by atoms with van der Waals surface area (Å²) in [6, 6.07) is 9.62. The van der Waals surface area contributed by atoms with Crippen molar-refractivity contribution in [3.05, 3.63) is 79.8 Å². The summed E-state index contributed by atoms with van der Waals surface area (Å²) in [5.74, 6) is -2.73. The number of likely N-dealkylation sites (tertiary alicyclic amines) is 2. The predicted molar refractivity (Wildman–Crippen MR) is 219 cm³/mol. The topological polar surface area (TPSA) is 99.7 Å². The van der Waals surface area contributed by atoms with Crippen molar-refractivity contribution >= 4 is 70.2 Å². The lowest BCUT2D eigenvalue weighted by molar-refractivity contribution is -0.159. The predicted octanol–water partition coefficient (Wildman–Crippen LogP) is 8.46. The van der Waals surface area contributed by atoms with Crippen LogP contribution in [0.5, 0.6) is 0 Å². The normalized spacial score (nSPS) is 24.5. The molecule has 304 valence electrons. The van der Waals surface area contributed by atoms with Gasteiger partial charge in [0.1, 0.15) is 0 Å². The summed E-state index contributed by atoms with van der Waals surface area (Å²) < 4.78 is 11.6. The molecular formula is C42H52Cl4N4O6. The van der Waals surface area contributed by atoms with E-state index in [4.69, 9.17) is 55.9 Å². The minimum absolute atomic E-state index is 0.0583. The zero-order chi connectivity index (χ0) is 39.9. The molecule has 10 nitrogen and oxygen atoms in total. The molecule has 6 unspecified atom stereocenters. The van der Waals surface area contributed by atoms with Gasteiger partial charge in [-0.25, -0.2) is 9.59 Å². The highest BCUT2D eigenvalue weighted by Gasteiger charge is 2.40. The number of ether oxygens (including phenoxy) is 2. The van der Waals surface area contributed by atoms with Crippen LogP contribution in [0.1, 0.15) is 100 Å². The Morgan fingerprint density at radius 1 is 0.571 bits per heavy atom. The van der Waals surface area contributed by atoms with Crippen molar-refractivity contribution in [2.45, 2.75) is 113 Å². The standard InChI is InChI=1S/C42H52Cl4N4O6/c1-47(33-11-3-5-13-35(33)49-21-7-8-22-49)41(53)39(27-15-17-29(43)31(45)25-27)55-37(51)19-20-38(52)56-40(28-16-18-30(44)32(46)26-28)42(54)48(2)34-12-4-6-14-36(34)50-23-9-10-24-50/h15-20,25-26,33-36,39-40H,3-14,21-24H2,1-2H3/b20-19-. The van der Waals surface area contributed by atoms with Gasteiger partial charge in [0.05, 0.1) is 20.1 Å². The largest absolute Gasteiger partial charge is 0.444 e. The Morgan fingerprint density at radius 3 is 1.29 bits per heavy atom. The number of rotatable bonds is 12. The van der Waals surface area contributed by atoms with E-state index in [1.807, 2.05) is 0 Å². The van der Waals surface area contributed by atoms with Crippen LogP contribution in [0.2, 0.25) is 20.1 Å². The number of benzene rings is 2. The number of esters is 2. The summed E-state index contributed by atoms with van der Waals surface area (Å²) in [4.78, 5) is 63.8. The molecule has 2 amide bonds. The highest BCUT2D eigenvalue weighted by Crippen LogP contribution is 2.35. The Kier molecular flexibility index (Phi) is 15.1. The maximum absolute atomic E-state index is 14.3. The summed E-state index contributed by atoms with van der Waals surface area (Å²) in [5, 5.41) is 0.986. The van der Waals surface area contributed by atoms with Crippen molar-refractivity contribution in [1.82, 2.24) is 19.6 Å². The zero-order valence-corrected chi connectivity index (χ0v) is 35.2. The number of halogens is 4. The molecule has 2 aliphatic carbocycles. The van der Waals surface area contributed by atoms with Gasteiger partial charge in [0.25, 0.3) is 11.8 Å². The number of amides is 2. The Labute approximate surface area is 350 Å². The number of hydrogen-bond donors (Lipinski definition) is 0. The maximum Gasteiger partial charge on any atom is 0.332 e. The SMILES string of the molecule is CN(C(=O)C(OC(=O)/C=C\C(=O)OC(C(=O)N(C)C1CCCCC1N1CCCC1)c1ccc(Cl)c(Cl)c1)c1ccc(Cl)c(Cl)c1)C1CCCCC1N1CCCC1.